The van der Waals surface area contributed by atoms with E-state index in [1.807, 2.05) is 35.2 Å². The molecule has 1 aromatic carbocycles. The third kappa shape index (κ3) is 3.89. The minimum absolute atomic E-state index is 0.0564. The summed E-state index contributed by atoms with van der Waals surface area (Å²) in [6, 6.07) is 13.5. The van der Waals surface area contributed by atoms with Crippen molar-refractivity contribution in [2.24, 2.45) is 0 Å². The highest BCUT2D eigenvalue weighted by molar-refractivity contribution is 7.18. The van der Waals surface area contributed by atoms with Gasteiger partial charge in [-0.2, -0.15) is 0 Å². The Morgan fingerprint density at radius 1 is 1.00 bits per heavy atom. The van der Waals surface area contributed by atoms with Gasteiger partial charge in [-0.15, -0.1) is 11.3 Å². The molecule has 3 amide bonds. The molecule has 2 aromatic rings. The van der Waals surface area contributed by atoms with E-state index in [-0.39, 0.29) is 11.9 Å². The molecule has 6 nitrogen and oxygen atoms in total. The van der Waals surface area contributed by atoms with Gasteiger partial charge in [-0.25, -0.2) is 4.79 Å². The molecule has 2 saturated heterocycles. The molecule has 2 aliphatic rings. The molecule has 4 rings (SSSR count). The SMILES string of the molecule is O=C(Nc1ccccc1)Nc1ccc(C(=O)N2CCC3CCC(C2)N3)s1. The van der Waals surface area contributed by atoms with E-state index in [0.29, 0.717) is 22.0 Å². The number of benzene rings is 1. The summed E-state index contributed by atoms with van der Waals surface area (Å²) < 4.78 is 0. The molecule has 7 heteroatoms. The van der Waals surface area contributed by atoms with Crippen LogP contribution in [0, 0.1) is 0 Å². The maximum absolute atomic E-state index is 12.8. The van der Waals surface area contributed by atoms with Gasteiger partial charge < -0.3 is 15.5 Å². The van der Waals surface area contributed by atoms with Crippen LogP contribution in [-0.2, 0) is 0 Å². The number of nitrogens with zero attached hydrogens (tertiary/aromatic N) is 1. The largest absolute Gasteiger partial charge is 0.336 e. The van der Waals surface area contributed by atoms with Crippen molar-refractivity contribution in [1.82, 2.24) is 10.2 Å². The highest BCUT2D eigenvalue weighted by Gasteiger charge is 2.31. The van der Waals surface area contributed by atoms with Crippen molar-refractivity contribution < 1.29 is 9.59 Å². The van der Waals surface area contributed by atoms with Crippen LogP contribution in [-0.4, -0.2) is 42.0 Å². The van der Waals surface area contributed by atoms with Gasteiger partial charge in [-0.1, -0.05) is 18.2 Å². The second-order valence-electron chi connectivity index (χ2n) is 6.79. The number of likely N-dealkylation sites (tertiary alicyclic amines) is 1. The first kappa shape index (κ1) is 17.1. The molecule has 2 bridgehead atoms. The fourth-order valence-corrected chi connectivity index (χ4v) is 4.47. The molecule has 2 atom stereocenters. The number of hydrogen-bond acceptors (Lipinski definition) is 4. The number of urea groups is 1. The average Bonchev–Trinajstić information content (AvgIpc) is 3.21. The van der Waals surface area contributed by atoms with Crippen LogP contribution in [0.5, 0.6) is 0 Å². The van der Waals surface area contributed by atoms with E-state index >= 15 is 0 Å². The maximum Gasteiger partial charge on any atom is 0.324 e. The smallest absolute Gasteiger partial charge is 0.324 e. The lowest BCUT2D eigenvalue weighted by atomic mass is 10.1. The Bertz CT molecular complexity index is 792. The van der Waals surface area contributed by atoms with Crippen LogP contribution < -0.4 is 16.0 Å². The molecule has 3 N–H and O–H groups in total. The van der Waals surface area contributed by atoms with Crippen LogP contribution in [0.2, 0.25) is 0 Å². The summed E-state index contributed by atoms with van der Waals surface area (Å²) in [6.07, 6.45) is 3.37. The third-order valence-corrected chi connectivity index (χ3v) is 5.88. The molecule has 0 saturated carbocycles. The van der Waals surface area contributed by atoms with Crippen molar-refractivity contribution in [3.05, 3.63) is 47.3 Å². The molecule has 136 valence electrons. The second kappa shape index (κ2) is 7.47. The minimum Gasteiger partial charge on any atom is -0.336 e. The van der Waals surface area contributed by atoms with Crippen LogP contribution in [0.15, 0.2) is 42.5 Å². The number of fused-ring (bicyclic) bond motifs is 2. The van der Waals surface area contributed by atoms with E-state index in [9.17, 15) is 9.59 Å². The molecule has 3 heterocycles. The second-order valence-corrected chi connectivity index (χ2v) is 7.87. The van der Waals surface area contributed by atoms with Gasteiger partial charge in [0, 0.05) is 30.9 Å². The van der Waals surface area contributed by atoms with E-state index in [0.717, 1.165) is 31.6 Å². The Labute approximate surface area is 156 Å². The summed E-state index contributed by atoms with van der Waals surface area (Å²) in [7, 11) is 0. The fraction of sp³-hybridized carbons (Fsp3) is 0.368. The predicted octanol–water partition coefficient (Wildman–Crippen LogP) is 3.36. The zero-order valence-corrected chi connectivity index (χ0v) is 15.2. The van der Waals surface area contributed by atoms with Gasteiger partial charge in [-0.05, 0) is 43.5 Å². The maximum atomic E-state index is 12.8. The summed E-state index contributed by atoms with van der Waals surface area (Å²) in [4.78, 5) is 27.5. The third-order valence-electron chi connectivity index (χ3n) is 4.90. The number of para-hydroxylation sites is 1. The average molecular weight is 370 g/mol. The number of amides is 3. The van der Waals surface area contributed by atoms with Crippen molar-refractivity contribution in [2.75, 3.05) is 23.7 Å². The van der Waals surface area contributed by atoms with Gasteiger partial charge in [0.15, 0.2) is 0 Å². The summed E-state index contributed by atoms with van der Waals surface area (Å²) in [5.74, 6) is 0.0564. The van der Waals surface area contributed by atoms with E-state index in [4.69, 9.17) is 0 Å². The lowest BCUT2D eigenvalue weighted by molar-refractivity contribution is 0.0753. The number of thiophene rings is 1. The highest BCUT2D eigenvalue weighted by Crippen LogP contribution is 2.26. The Balaban J connectivity index is 1.36. The molecular weight excluding hydrogens is 348 g/mol. The molecular formula is C19H22N4O2S. The van der Waals surface area contributed by atoms with E-state index in [1.54, 1.807) is 12.1 Å². The van der Waals surface area contributed by atoms with Crippen LogP contribution in [0.3, 0.4) is 0 Å². The summed E-state index contributed by atoms with van der Waals surface area (Å²) in [5.41, 5.74) is 0.727. The monoisotopic (exact) mass is 370 g/mol. The number of rotatable bonds is 3. The Kier molecular flexibility index (Phi) is 4.90. The normalized spacial score (nSPS) is 21.9. The van der Waals surface area contributed by atoms with Crippen molar-refractivity contribution in [2.45, 2.75) is 31.3 Å². The van der Waals surface area contributed by atoms with Crippen LogP contribution in [0.1, 0.15) is 28.9 Å². The van der Waals surface area contributed by atoms with E-state index in [2.05, 4.69) is 16.0 Å². The zero-order chi connectivity index (χ0) is 17.9. The molecule has 0 aliphatic carbocycles. The summed E-state index contributed by atoms with van der Waals surface area (Å²) in [6.45, 7) is 1.56. The van der Waals surface area contributed by atoms with E-state index < -0.39 is 0 Å². The number of hydrogen-bond donors (Lipinski definition) is 3. The quantitative estimate of drug-likeness (QED) is 0.776. The number of carbonyl (C=O) groups excluding carboxylic acids is 2. The van der Waals surface area contributed by atoms with Gasteiger partial charge in [0.05, 0.1) is 9.88 Å². The highest BCUT2D eigenvalue weighted by atomic mass is 32.1. The molecule has 2 unspecified atom stereocenters. The Hall–Kier alpha value is -2.38. The molecule has 0 radical (unpaired) electrons. The number of anilines is 2. The lowest BCUT2D eigenvalue weighted by Crippen LogP contribution is -2.38. The molecule has 2 aliphatic heterocycles. The minimum atomic E-state index is -0.312. The molecule has 26 heavy (non-hydrogen) atoms. The summed E-state index contributed by atoms with van der Waals surface area (Å²) >= 11 is 1.32. The first-order valence-electron chi connectivity index (χ1n) is 8.95. The van der Waals surface area contributed by atoms with Crippen molar-refractivity contribution in [3.8, 4) is 0 Å². The Morgan fingerprint density at radius 2 is 1.81 bits per heavy atom. The van der Waals surface area contributed by atoms with Gasteiger partial charge >= 0.3 is 6.03 Å². The van der Waals surface area contributed by atoms with E-state index in [1.165, 1.54) is 17.8 Å². The van der Waals surface area contributed by atoms with Crippen LogP contribution in [0.25, 0.3) is 0 Å². The van der Waals surface area contributed by atoms with Crippen molar-refractivity contribution in [1.29, 1.82) is 0 Å². The van der Waals surface area contributed by atoms with Gasteiger partial charge in [0.25, 0.3) is 5.91 Å². The van der Waals surface area contributed by atoms with Gasteiger partial charge in [0.2, 0.25) is 0 Å². The van der Waals surface area contributed by atoms with Crippen molar-refractivity contribution >= 4 is 34.0 Å². The molecule has 2 fully saturated rings. The first-order valence-corrected chi connectivity index (χ1v) is 9.77. The topological polar surface area (TPSA) is 73.5 Å². The lowest BCUT2D eigenvalue weighted by Gasteiger charge is -2.23. The number of nitrogens with one attached hydrogen (secondary N) is 3. The van der Waals surface area contributed by atoms with Crippen LogP contribution >= 0.6 is 11.3 Å². The summed E-state index contributed by atoms with van der Waals surface area (Å²) in [5, 5.41) is 9.82. The first-order chi connectivity index (χ1) is 12.7. The molecule has 0 spiro atoms. The number of carbonyl (C=O) groups is 2. The van der Waals surface area contributed by atoms with Gasteiger partial charge in [-0.3, -0.25) is 10.1 Å². The Morgan fingerprint density at radius 3 is 2.65 bits per heavy atom. The van der Waals surface area contributed by atoms with Crippen molar-refractivity contribution in [3.63, 3.8) is 0 Å². The fourth-order valence-electron chi connectivity index (χ4n) is 3.60. The standard InChI is InChI=1S/C19H22N4O2S/c24-18(23-11-10-14-6-7-15(12-23)20-14)16-8-9-17(26-16)22-19(25)21-13-4-2-1-3-5-13/h1-5,8-9,14-15,20H,6-7,10-12H2,(H2,21,22,25). The van der Waals surface area contributed by atoms with Gasteiger partial charge in [0.1, 0.15) is 0 Å². The van der Waals surface area contributed by atoms with Crippen LogP contribution in [0.4, 0.5) is 15.5 Å². The molecule has 1 aromatic heterocycles. The zero-order valence-electron chi connectivity index (χ0n) is 14.4. The predicted molar refractivity (Wildman–Crippen MR) is 104 cm³/mol.